The fourth-order valence-corrected chi connectivity index (χ4v) is 4.42. The van der Waals surface area contributed by atoms with Crippen LogP contribution in [0.25, 0.3) is 0 Å². The van der Waals surface area contributed by atoms with Gasteiger partial charge < -0.3 is 4.74 Å². The Morgan fingerprint density at radius 3 is 1.96 bits per heavy atom. The fraction of sp³-hybridized carbons (Fsp3) is 0.409. The Kier molecular flexibility index (Phi) is 6.86. The van der Waals surface area contributed by atoms with Crippen molar-refractivity contribution >= 4 is 17.5 Å². The zero-order valence-corrected chi connectivity index (χ0v) is 16.5. The molecular formula is C22H28O2S. The van der Waals surface area contributed by atoms with Crippen LogP contribution in [0.2, 0.25) is 0 Å². The second-order valence-corrected chi connectivity index (χ2v) is 8.58. The van der Waals surface area contributed by atoms with Crippen molar-refractivity contribution in [3.05, 3.63) is 66.2 Å². The number of carbonyl (C=O) groups is 1. The lowest BCUT2D eigenvalue weighted by molar-refractivity contribution is -0.134. The molecule has 0 fully saturated rings. The van der Waals surface area contributed by atoms with Gasteiger partial charge in [0.1, 0.15) is 5.78 Å². The number of methoxy groups -OCH3 is 1. The predicted molar refractivity (Wildman–Crippen MR) is 106 cm³/mol. The first-order chi connectivity index (χ1) is 11.8. The maximum Gasteiger partial charge on any atom is 0.143 e. The van der Waals surface area contributed by atoms with Gasteiger partial charge in [-0.05, 0) is 17.7 Å². The van der Waals surface area contributed by atoms with E-state index in [0.29, 0.717) is 0 Å². The molecule has 3 unspecified atom stereocenters. The van der Waals surface area contributed by atoms with Crippen molar-refractivity contribution in [2.75, 3.05) is 7.11 Å². The molecule has 0 saturated heterocycles. The Morgan fingerprint density at radius 1 is 0.960 bits per heavy atom. The molecule has 0 aliphatic rings. The first kappa shape index (κ1) is 19.7. The van der Waals surface area contributed by atoms with Crippen LogP contribution in [0.15, 0.2) is 65.6 Å². The fourth-order valence-electron chi connectivity index (χ4n) is 3.04. The number of hydrogen-bond acceptors (Lipinski definition) is 3. The van der Waals surface area contributed by atoms with Crippen molar-refractivity contribution in [3.63, 3.8) is 0 Å². The third-order valence-electron chi connectivity index (χ3n) is 4.35. The molecule has 2 aromatic carbocycles. The lowest BCUT2D eigenvalue weighted by Crippen LogP contribution is -2.37. The van der Waals surface area contributed by atoms with Crippen LogP contribution < -0.4 is 0 Å². The topological polar surface area (TPSA) is 26.3 Å². The van der Waals surface area contributed by atoms with Crippen molar-refractivity contribution in [2.45, 2.75) is 43.9 Å². The average Bonchev–Trinajstić information content (AvgIpc) is 2.61. The monoisotopic (exact) mass is 356 g/mol. The Bertz CT molecular complexity index is 661. The zero-order chi connectivity index (χ0) is 18.4. The number of thioether (sulfide) groups is 1. The zero-order valence-electron chi connectivity index (χ0n) is 15.7. The first-order valence-electron chi connectivity index (χ1n) is 8.68. The summed E-state index contributed by atoms with van der Waals surface area (Å²) in [4.78, 5) is 14.0. The maximum absolute atomic E-state index is 12.9. The number of Topliss-reactive ketones (excluding diaryl/α,β-unsaturated/α-hetero) is 1. The second kappa shape index (κ2) is 8.68. The van der Waals surface area contributed by atoms with Gasteiger partial charge in [-0.25, -0.2) is 0 Å². The molecule has 2 nitrogen and oxygen atoms in total. The SMILES string of the molecule is COC(C(C)C(=O)C(C)(C)C)C(Sc1ccccc1)c1ccccc1. The number of hydrogen-bond donors (Lipinski definition) is 0. The third kappa shape index (κ3) is 5.20. The summed E-state index contributed by atoms with van der Waals surface area (Å²) in [6, 6.07) is 20.6. The molecule has 0 radical (unpaired) electrons. The Morgan fingerprint density at radius 2 is 1.48 bits per heavy atom. The quantitative estimate of drug-likeness (QED) is 0.588. The highest BCUT2D eigenvalue weighted by atomic mass is 32.2. The van der Waals surface area contributed by atoms with Gasteiger partial charge in [-0.15, -0.1) is 11.8 Å². The molecular weight excluding hydrogens is 328 g/mol. The molecule has 3 heteroatoms. The largest absolute Gasteiger partial charge is 0.379 e. The van der Waals surface area contributed by atoms with Crippen LogP contribution in [0.4, 0.5) is 0 Å². The van der Waals surface area contributed by atoms with E-state index in [1.54, 1.807) is 18.9 Å². The molecule has 0 N–H and O–H groups in total. The standard InChI is InChI=1S/C22H28O2S/c1-16(21(23)22(2,3)4)19(24-5)20(17-12-8-6-9-13-17)25-18-14-10-7-11-15-18/h6-16,19-20H,1-5H3. The molecule has 0 aromatic heterocycles. The van der Waals surface area contributed by atoms with Crippen molar-refractivity contribution in [2.24, 2.45) is 11.3 Å². The highest BCUT2D eigenvalue weighted by molar-refractivity contribution is 7.99. The third-order valence-corrected chi connectivity index (χ3v) is 5.69. The smallest absolute Gasteiger partial charge is 0.143 e. The summed E-state index contributed by atoms with van der Waals surface area (Å²) >= 11 is 1.75. The second-order valence-electron chi connectivity index (χ2n) is 7.37. The van der Waals surface area contributed by atoms with Crippen molar-refractivity contribution in [1.29, 1.82) is 0 Å². The van der Waals surface area contributed by atoms with Gasteiger partial charge in [-0.1, -0.05) is 76.2 Å². The molecule has 0 aliphatic carbocycles. The van der Waals surface area contributed by atoms with Gasteiger partial charge in [-0.3, -0.25) is 4.79 Å². The molecule has 2 aromatic rings. The van der Waals surface area contributed by atoms with Crippen LogP contribution in [0.5, 0.6) is 0 Å². The van der Waals surface area contributed by atoms with Crippen molar-refractivity contribution in [3.8, 4) is 0 Å². The van der Waals surface area contributed by atoms with E-state index in [0.717, 1.165) is 0 Å². The number of ketones is 1. The molecule has 134 valence electrons. The number of carbonyl (C=O) groups excluding carboxylic acids is 1. The maximum atomic E-state index is 12.9. The highest BCUT2D eigenvalue weighted by Gasteiger charge is 2.37. The van der Waals surface area contributed by atoms with E-state index in [1.807, 2.05) is 64.1 Å². The van der Waals surface area contributed by atoms with E-state index in [2.05, 4.69) is 24.3 Å². The van der Waals surface area contributed by atoms with E-state index >= 15 is 0 Å². The molecule has 3 atom stereocenters. The van der Waals surface area contributed by atoms with E-state index in [-0.39, 0.29) is 28.5 Å². The van der Waals surface area contributed by atoms with E-state index in [1.165, 1.54) is 10.5 Å². The van der Waals surface area contributed by atoms with Crippen molar-refractivity contribution < 1.29 is 9.53 Å². The Labute approximate surface area is 156 Å². The number of ether oxygens (including phenoxy) is 1. The van der Waals surface area contributed by atoms with Crippen LogP contribution >= 0.6 is 11.8 Å². The van der Waals surface area contributed by atoms with Crippen LogP contribution in [-0.4, -0.2) is 19.0 Å². The predicted octanol–water partition coefficient (Wildman–Crippen LogP) is 5.79. The van der Waals surface area contributed by atoms with Crippen molar-refractivity contribution in [1.82, 2.24) is 0 Å². The summed E-state index contributed by atoms with van der Waals surface area (Å²) in [5.41, 5.74) is 0.797. The van der Waals surface area contributed by atoms with Gasteiger partial charge in [-0.2, -0.15) is 0 Å². The lowest BCUT2D eigenvalue weighted by atomic mass is 9.80. The molecule has 0 bridgehead atoms. The lowest BCUT2D eigenvalue weighted by Gasteiger charge is -2.33. The van der Waals surface area contributed by atoms with Crippen LogP contribution in [0.3, 0.4) is 0 Å². The minimum absolute atomic E-state index is 0.0508. The summed E-state index contributed by atoms with van der Waals surface area (Å²) in [7, 11) is 1.71. The summed E-state index contributed by atoms with van der Waals surface area (Å²) in [5, 5.41) is 0.0508. The summed E-state index contributed by atoms with van der Waals surface area (Å²) < 4.78 is 5.88. The van der Waals surface area contributed by atoms with Gasteiger partial charge in [0.2, 0.25) is 0 Å². The molecule has 0 saturated carbocycles. The van der Waals surface area contributed by atoms with Crippen LogP contribution in [0.1, 0.15) is 38.5 Å². The summed E-state index contributed by atoms with van der Waals surface area (Å²) in [6.45, 7) is 7.91. The average molecular weight is 357 g/mol. The number of rotatable bonds is 7. The van der Waals surface area contributed by atoms with Gasteiger partial charge in [0.25, 0.3) is 0 Å². The summed E-state index contributed by atoms with van der Waals surface area (Å²) in [6.07, 6.45) is -0.195. The molecule has 0 aliphatic heterocycles. The molecule has 2 rings (SSSR count). The van der Waals surface area contributed by atoms with Gasteiger partial charge >= 0.3 is 0 Å². The molecule has 0 amide bonds. The molecule has 0 heterocycles. The van der Waals surface area contributed by atoms with Gasteiger partial charge in [0.05, 0.1) is 11.4 Å². The normalized spacial score (nSPS) is 15.4. The van der Waals surface area contributed by atoms with E-state index in [4.69, 9.17) is 4.74 Å². The van der Waals surface area contributed by atoms with Gasteiger partial charge in [0.15, 0.2) is 0 Å². The van der Waals surface area contributed by atoms with Crippen LogP contribution in [0, 0.1) is 11.3 Å². The minimum Gasteiger partial charge on any atom is -0.379 e. The Hall–Kier alpha value is -1.58. The number of benzene rings is 2. The first-order valence-corrected chi connectivity index (χ1v) is 9.56. The van der Waals surface area contributed by atoms with E-state index < -0.39 is 0 Å². The van der Waals surface area contributed by atoms with Gasteiger partial charge in [0, 0.05) is 23.3 Å². The summed E-state index contributed by atoms with van der Waals surface area (Å²) in [5.74, 6) is 0.0420. The molecule has 25 heavy (non-hydrogen) atoms. The van der Waals surface area contributed by atoms with E-state index in [9.17, 15) is 4.79 Å². The molecule has 0 spiro atoms. The Balaban J connectivity index is 2.37. The minimum atomic E-state index is -0.380. The van der Waals surface area contributed by atoms with Crippen LogP contribution in [-0.2, 0) is 9.53 Å². The highest BCUT2D eigenvalue weighted by Crippen LogP contribution is 2.42.